The highest BCUT2D eigenvalue weighted by molar-refractivity contribution is 5.78. The third-order valence-corrected chi connectivity index (χ3v) is 4.61. The van der Waals surface area contributed by atoms with Gasteiger partial charge in [0.2, 0.25) is 0 Å². The fourth-order valence-electron chi connectivity index (χ4n) is 3.39. The van der Waals surface area contributed by atoms with Crippen LogP contribution in [0.3, 0.4) is 0 Å². The molecule has 3 heterocycles. The lowest BCUT2D eigenvalue weighted by atomic mass is 9.97. The first-order valence-electron chi connectivity index (χ1n) is 8.47. The summed E-state index contributed by atoms with van der Waals surface area (Å²) >= 11 is 0. The third kappa shape index (κ3) is 3.18. The quantitative estimate of drug-likeness (QED) is 0.802. The summed E-state index contributed by atoms with van der Waals surface area (Å²) in [5, 5.41) is 9.14. The molecular formula is C19H22N4O. The van der Waals surface area contributed by atoms with Gasteiger partial charge >= 0.3 is 0 Å². The van der Waals surface area contributed by atoms with Gasteiger partial charge in [-0.25, -0.2) is 0 Å². The number of benzene rings is 1. The molecule has 0 bridgehead atoms. The van der Waals surface area contributed by atoms with E-state index in [0.29, 0.717) is 6.04 Å². The molecule has 1 saturated heterocycles. The third-order valence-electron chi connectivity index (χ3n) is 4.61. The van der Waals surface area contributed by atoms with E-state index in [4.69, 9.17) is 4.74 Å². The topological polar surface area (TPSA) is 52.0 Å². The molecule has 0 radical (unpaired) electrons. The van der Waals surface area contributed by atoms with Crippen molar-refractivity contribution < 1.29 is 4.74 Å². The van der Waals surface area contributed by atoms with Gasteiger partial charge in [-0.3, -0.25) is 9.67 Å². The highest BCUT2D eigenvalue weighted by Crippen LogP contribution is 2.28. The van der Waals surface area contributed by atoms with Crippen LogP contribution < -0.4 is 5.32 Å². The van der Waals surface area contributed by atoms with Gasteiger partial charge < -0.3 is 10.1 Å². The zero-order chi connectivity index (χ0) is 16.4. The van der Waals surface area contributed by atoms with Crippen molar-refractivity contribution in [1.82, 2.24) is 20.1 Å². The normalized spacial score (nSPS) is 21.2. The molecule has 1 aromatic carbocycles. The van der Waals surface area contributed by atoms with Crippen molar-refractivity contribution in [2.75, 3.05) is 6.61 Å². The second-order valence-corrected chi connectivity index (χ2v) is 6.40. The SMILES string of the molecule is Cn1cc([C@H]2OCCC[C@@H]2NCc2ccc3ncccc3c2)cn1. The molecule has 2 aromatic heterocycles. The Balaban J connectivity index is 1.48. The van der Waals surface area contributed by atoms with E-state index < -0.39 is 0 Å². The molecule has 0 saturated carbocycles. The van der Waals surface area contributed by atoms with Crippen molar-refractivity contribution in [2.24, 2.45) is 7.05 Å². The predicted molar refractivity (Wildman–Crippen MR) is 93.5 cm³/mol. The Morgan fingerprint density at radius 1 is 1.33 bits per heavy atom. The van der Waals surface area contributed by atoms with Gasteiger partial charge in [0.15, 0.2) is 0 Å². The monoisotopic (exact) mass is 322 g/mol. The molecule has 1 aliphatic heterocycles. The van der Waals surface area contributed by atoms with Crippen molar-refractivity contribution in [3.05, 3.63) is 60.0 Å². The number of hydrogen-bond donors (Lipinski definition) is 1. The maximum atomic E-state index is 6.02. The Labute approximate surface area is 141 Å². The van der Waals surface area contributed by atoms with E-state index in [-0.39, 0.29) is 6.10 Å². The Morgan fingerprint density at radius 3 is 3.17 bits per heavy atom. The number of nitrogens with zero attached hydrogens (tertiary/aromatic N) is 3. The van der Waals surface area contributed by atoms with Crippen LogP contribution in [0.15, 0.2) is 48.9 Å². The predicted octanol–water partition coefficient (Wildman–Crippen LogP) is 2.98. The molecule has 4 rings (SSSR count). The molecular weight excluding hydrogens is 300 g/mol. The zero-order valence-electron chi connectivity index (χ0n) is 13.9. The van der Waals surface area contributed by atoms with Crippen molar-refractivity contribution in [2.45, 2.75) is 31.5 Å². The summed E-state index contributed by atoms with van der Waals surface area (Å²) in [5.74, 6) is 0. The van der Waals surface area contributed by atoms with Gasteiger partial charge in [0.1, 0.15) is 6.10 Å². The minimum atomic E-state index is 0.0783. The van der Waals surface area contributed by atoms with E-state index in [1.54, 1.807) is 0 Å². The Morgan fingerprint density at radius 2 is 2.29 bits per heavy atom. The van der Waals surface area contributed by atoms with Gasteiger partial charge in [0.25, 0.3) is 0 Å². The Hall–Kier alpha value is -2.24. The summed E-state index contributed by atoms with van der Waals surface area (Å²) in [7, 11) is 1.94. The van der Waals surface area contributed by atoms with Crippen LogP contribution in [0.2, 0.25) is 0 Å². The van der Waals surface area contributed by atoms with Crippen LogP contribution in [-0.4, -0.2) is 27.4 Å². The summed E-state index contributed by atoms with van der Waals surface area (Å²) < 4.78 is 7.86. The first-order valence-corrected chi connectivity index (χ1v) is 8.47. The molecule has 3 aromatic rings. The van der Waals surface area contributed by atoms with Crippen LogP contribution >= 0.6 is 0 Å². The van der Waals surface area contributed by atoms with E-state index in [2.05, 4.69) is 39.7 Å². The van der Waals surface area contributed by atoms with E-state index in [1.807, 2.05) is 36.4 Å². The molecule has 2 atom stereocenters. The lowest BCUT2D eigenvalue weighted by molar-refractivity contribution is -0.0112. The van der Waals surface area contributed by atoms with Gasteiger partial charge in [-0.1, -0.05) is 12.1 Å². The van der Waals surface area contributed by atoms with E-state index >= 15 is 0 Å². The van der Waals surface area contributed by atoms with Gasteiger partial charge in [0, 0.05) is 49.6 Å². The molecule has 0 aliphatic carbocycles. The Bertz CT molecular complexity index is 829. The molecule has 1 fully saturated rings. The molecule has 0 unspecified atom stereocenters. The van der Waals surface area contributed by atoms with Crippen molar-refractivity contribution in [3.63, 3.8) is 0 Å². The minimum absolute atomic E-state index is 0.0783. The average molecular weight is 322 g/mol. The molecule has 5 heteroatoms. The van der Waals surface area contributed by atoms with Crippen LogP contribution in [0.1, 0.15) is 30.1 Å². The number of rotatable bonds is 4. The molecule has 1 aliphatic rings. The van der Waals surface area contributed by atoms with Crippen molar-refractivity contribution >= 4 is 10.9 Å². The van der Waals surface area contributed by atoms with Gasteiger partial charge in [-0.2, -0.15) is 5.10 Å². The molecule has 5 nitrogen and oxygen atoms in total. The summed E-state index contributed by atoms with van der Waals surface area (Å²) in [6, 6.07) is 10.8. The highest BCUT2D eigenvalue weighted by atomic mass is 16.5. The molecule has 0 spiro atoms. The second-order valence-electron chi connectivity index (χ2n) is 6.40. The number of aryl methyl sites for hydroxylation is 1. The van der Waals surface area contributed by atoms with Crippen molar-refractivity contribution in [1.29, 1.82) is 0 Å². The average Bonchev–Trinajstić information content (AvgIpc) is 3.06. The number of ether oxygens (including phenoxy) is 1. The number of nitrogens with one attached hydrogen (secondary N) is 1. The van der Waals surface area contributed by atoms with Crippen LogP contribution in [-0.2, 0) is 18.3 Å². The Kier molecular flexibility index (Phi) is 4.28. The van der Waals surface area contributed by atoms with Crippen molar-refractivity contribution in [3.8, 4) is 0 Å². The van der Waals surface area contributed by atoms with Crippen LogP contribution in [0, 0.1) is 0 Å². The van der Waals surface area contributed by atoms with Crippen LogP contribution in [0.25, 0.3) is 10.9 Å². The lowest BCUT2D eigenvalue weighted by Crippen LogP contribution is -2.39. The summed E-state index contributed by atoms with van der Waals surface area (Å²) in [4.78, 5) is 4.38. The largest absolute Gasteiger partial charge is 0.372 e. The van der Waals surface area contributed by atoms with Gasteiger partial charge in [0.05, 0.1) is 11.7 Å². The fraction of sp³-hybridized carbons (Fsp3) is 0.368. The first kappa shape index (κ1) is 15.3. The number of aromatic nitrogens is 3. The van der Waals surface area contributed by atoms with Gasteiger partial charge in [-0.15, -0.1) is 0 Å². The summed E-state index contributed by atoms with van der Waals surface area (Å²) in [5.41, 5.74) is 3.46. The standard InChI is InChI=1S/C19H22N4O/c1-23-13-16(12-22-23)19-18(5-3-9-24-19)21-11-14-6-7-17-15(10-14)4-2-8-20-17/h2,4,6-8,10,12-13,18-19,21H,3,5,9,11H2,1H3/t18-,19+/m0/s1. The maximum Gasteiger partial charge on any atom is 0.101 e. The fourth-order valence-corrected chi connectivity index (χ4v) is 3.39. The maximum absolute atomic E-state index is 6.02. The van der Waals surface area contributed by atoms with Gasteiger partial charge in [-0.05, 0) is 36.6 Å². The summed E-state index contributed by atoms with van der Waals surface area (Å²) in [6.07, 6.45) is 8.08. The minimum Gasteiger partial charge on any atom is -0.372 e. The molecule has 1 N–H and O–H groups in total. The van der Waals surface area contributed by atoms with E-state index in [9.17, 15) is 0 Å². The highest BCUT2D eigenvalue weighted by Gasteiger charge is 2.28. The smallest absolute Gasteiger partial charge is 0.101 e. The van der Waals surface area contributed by atoms with Crippen LogP contribution in [0.5, 0.6) is 0 Å². The molecule has 0 amide bonds. The summed E-state index contributed by atoms with van der Waals surface area (Å²) in [6.45, 7) is 1.65. The first-order chi connectivity index (χ1) is 11.8. The number of pyridine rings is 1. The van der Waals surface area contributed by atoms with E-state index in [0.717, 1.165) is 37.1 Å². The number of fused-ring (bicyclic) bond motifs is 1. The molecule has 124 valence electrons. The molecule has 24 heavy (non-hydrogen) atoms. The van der Waals surface area contributed by atoms with E-state index in [1.165, 1.54) is 10.9 Å². The number of hydrogen-bond acceptors (Lipinski definition) is 4. The zero-order valence-corrected chi connectivity index (χ0v) is 13.9. The second kappa shape index (κ2) is 6.71. The lowest BCUT2D eigenvalue weighted by Gasteiger charge is -2.32. The van der Waals surface area contributed by atoms with Crippen LogP contribution in [0.4, 0.5) is 0 Å².